The summed E-state index contributed by atoms with van der Waals surface area (Å²) in [7, 11) is 0. The van der Waals surface area contributed by atoms with Crippen LogP contribution < -0.4 is 0 Å². The van der Waals surface area contributed by atoms with E-state index in [4.69, 9.17) is 5.26 Å². The molecule has 0 bridgehead atoms. The van der Waals surface area contributed by atoms with Crippen LogP contribution in [0.4, 0.5) is 0 Å². The molecule has 0 aliphatic rings. The van der Waals surface area contributed by atoms with E-state index in [0.29, 0.717) is 46.7 Å². The third-order valence-electron chi connectivity index (χ3n) is 0.0913. The van der Waals surface area contributed by atoms with Crippen LogP contribution in [0.15, 0.2) is 0 Å². The summed E-state index contributed by atoms with van der Waals surface area (Å²) >= 11 is 0.668. The fourth-order valence-corrected chi connectivity index (χ4v) is 0. The van der Waals surface area contributed by atoms with Gasteiger partial charge in [0.2, 0.25) is 0 Å². The Morgan fingerprint density at radius 2 is 2.25 bits per heavy atom. The summed E-state index contributed by atoms with van der Waals surface area (Å²) in [6.45, 7) is 0. The number of hydrogen-bond donors (Lipinski definition) is 0. The van der Waals surface area contributed by atoms with Crippen molar-refractivity contribution in [3.63, 3.8) is 0 Å². The Hall–Kier alpha value is 1.48. The van der Waals surface area contributed by atoms with Crippen molar-refractivity contribution < 1.29 is 0 Å². The zero-order valence-corrected chi connectivity index (χ0v) is 6.30. The molecule has 0 unspecified atom stereocenters. The standard InChI is InChI=1S/CHNS.K/c2-1-3;/h3H;/q;+1/p-1. The van der Waals surface area contributed by atoms with Crippen LogP contribution in [0.25, 0.3) is 0 Å². The molecule has 3 heteroatoms. The summed E-state index contributed by atoms with van der Waals surface area (Å²) in [6, 6.07) is 0. The van der Waals surface area contributed by atoms with Crippen LogP contribution in [0.3, 0.4) is 0 Å². The number of nitrogens with zero attached hydrogens (tertiary/aromatic N) is 1. The monoisotopic (exact) mass is 96.9 g/mol. The Labute approximate surface area is 59.5 Å². The minimum atomic E-state index is 0.668. The predicted molar refractivity (Wildman–Crippen MR) is 19.0 cm³/mol. The maximum absolute atomic E-state index is 7.63. The summed E-state index contributed by atoms with van der Waals surface area (Å²) in [5, 5.41) is 9.57. The molecular weight excluding hydrogens is 97.2 g/mol. The van der Waals surface area contributed by atoms with E-state index in [-0.39, 0.29) is 0 Å². The van der Waals surface area contributed by atoms with Crippen molar-refractivity contribution in [2.75, 3.05) is 0 Å². The first-order valence-corrected chi connectivity index (χ1v) is 5.89. The van der Waals surface area contributed by atoms with Crippen molar-refractivity contribution in [1.82, 2.24) is 0 Å². The molecule has 0 N–H and O–H groups in total. The van der Waals surface area contributed by atoms with E-state index >= 15 is 0 Å². The van der Waals surface area contributed by atoms with Gasteiger partial charge in [-0.2, -0.15) is 0 Å². The van der Waals surface area contributed by atoms with Crippen LogP contribution in [0.1, 0.15) is 0 Å². The van der Waals surface area contributed by atoms with Gasteiger partial charge >= 0.3 is 60.9 Å². The molecule has 0 radical (unpaired) electrons. The zero-order chi connectivity index (χ0) is 3.41. The van der Waals surface area contributed by atoms with Gasteiger partial charge in [0.25, 0.3) is 0 Å². The van der Waals surface area contributed by atoms with Crippen LogP contribution >= 0.6 is 3.55 Å². The Bertz CT molecular complexity index is 37.8. The quantitative estimate of drug-likeness (QED) is 0.320. The van der Waals surface area contributed by atoms with Gasteiger partial charge in [-0.3, -0.25) is 0 Å². The second-order valence-electron chi connectivity index (χ2n) is 0.295. The van der Waals surface area contributed by atoms with Crippen molar-refractivity contribution in [3.8, 4) is 5.40 Å². The van der Waals surface area contributed by atoms with E-state index < -0.39 is 0 Å². The molecule has 0 fully saturated rings. The van der Waals surface area contributed by atoms with E-state index in [2.05, 4.69) is 0 Å². The molecule has 0 rings (SSSR count). The summed E-state index contributed by atoms with van der Waals surface area (Å²) < 4.78 is 1.35. The Morgan fingerprint density at radius 1 is 2.00 bits per heavy atom. The van der Waals surface area contributed by atoms with Gasteiger partial charge in [-0.05, 0) is 0 Å². The summed E-state index contributed by atoms with van der Waals surface area (Å²) in [5.41, 5.74) is 0. The number of hydrogen-bond acceptors (Lipinski definition) is 2. The fourth-order valence-electron chi connectivity index (χ4n) is 0. The fraction of sp³-hybridized carbons (Fsp3) is 0. The topological polar surface area (TPSA) is 23.8 Å². The van der Waals surface area contributed by atoms with Gasteiger partial charge < -0.3 is 0 Å². The third-order valence-corrected chi connectivity index (χ3v) is 1.13. The zero-order valence-electron chi connectivity index (χ0n) is 2.36. The molecule has 0 aromatic heterocycles. The second kappa shape index (κ2) is 4.48. The molecule has 4 heavy (non-hydrogen) atoms. The molecule has 0 aliphatic carbocycles. The van der Waals surface area contributed by atoms with Crippen LogP contribution in [-0.4, -0.2) is 46.7 Å². The molecular formula is CKNS. The Kier molecular flexibility index (Phi) is 6.13. The Morgan fingerprint density at radius 3 is 2.25 bits per heavy atom. The van der Waals surface area contributed by atoms with Gasteiger partial charge in [-0.1, -0.05) is 0 Å². The van der Waals surface area contributed by atoms with Crippen LogP contribution in [0.2, 0.25) is 0 Å². The molecule has 16 valence electrons. The molecule has 0 aliphatic heterocycles. The van der Waals surface area contributed by atoms with Crippen LogP contribution in [0.5, 0.6) is 0 Å². The van der Waals surface area contributed by atoms with Gasteiger partial charge in [-0.15, -0.1) is 0 Å². The summed E-state index contributed by atoms with van der Waals surface area (Å²) in [6.07, 6.45) is 0. The first-order valence-electron chi connectivity index (χ1n) is 0.836. The number of thiocyanates is 1. The molecule has 0 amide bonds. The molecule has 0 saturated carbocycles. The molecule has 0 aromatic rings. The van der Waals surface area contributed by atoms with Gasteiger partial charge in [0.05, 0.1) is 0 Å². The normalized spacial score (nSPS) is 5.25. The van der Waals surface area contributed by atoms with Crippen LogP contribution in [0, 0.1) is 10.7 Å². The molecule has 0 atom stereocenters. The average molecular weight is 97.2 g/mol. The van der Waals surface area contributed by atoms with E-state index in [1.165, 1.54) is 3.55 Å². The first-order chi connectivity index (χ1) is 1.91. The SMILES string of the molecule is N#C[S][K]. The maximum atomic E-state index is 7.63. The average Bonchev–Trinajstić information content (AvgIpc) is 1.37. The van der Waals surface area contributed by atoms with Crippen molar-refractivity contribution in [2.45, 2.75) is 0 Å². The van der Waals surface area contributed by atoms with Gasteiger partial charge in [0.15, 0.2) is 0 Å². The van der Waals surface area contributed by atoms with Crippen molar-refractivity contribution >= 4 is 50.3 Å². The second-order valence-corrected chi connectivity index (χ2v) is 2.80. The molecule has 1 nitrogen and oxygen atoms in total. The van der Waals surface area contributed by atoms with Gasteiger partial charge in [0.1, 0.15) is 0 Å². The number of rotatable bonds is 0. The van der Waals surface area contributed by atoms with E-state index in [1.54, 1.807) is 0 Å². The molecule has 0 spiro atoms. The van der Waals surface area contributed by atoms with Crippen molar-refractivity contribution in [1.29, 1.82) is 5.26 Å². The Balaban J connectivity index is 2.43. The van der Waals surface area contributed by atoms with Crippen molar-refractivity contribution in [3.05, 3.63) is 0 Å². The predicted octanol–water partition coefficient (Wildman–Crippen LogP) is 0.284. The van der Waals surface area contributed by atoms with E-state index in [1.807, 2.05) is 5.40 Å². The first kappa shape index (κ1) is 5.48. The van der Waals surface area contributed by atoms with E-state index in [9.17, 15) is 0 Å². The minimum absolute atomic E-state index is 0.668. The molecule has 0 saturated heterocycles. The third kappa shape index (κ3) is 3.48. The van der Waals surface area contributed by atoms with E-state index in [0.717, 1.165) is 0 Å². The number of nitriles is 1. The summed E-state index contributed by atoms with van der Waals surface area (Å²) in [5.74, 6) is 0. The molecule has 0 aromatic carbocycles. The van der Waals surface area contributed by atoms with Gasteiger partial charge in [-0.25, -0.2) is 0 Å². The summed E-state index contributed by atoms with van der Waals surface area (Å²) in [4.78, 5) is 0. The van der Waals surface area contributed by atoms with Crippen molar-refractivity contribution in [2.24, 2.45) is 0 Å². The molecule has 0 heterocycles. The van der Waals surface area contributed by atoms with Gasteiger partial charge in [0, 0.05) is 0 Å². The van der Waals surface area contributed by atoms with Crippen LogP contribution in [-0.2, 0) is 0 Å².